The normalized spacial score (nSPS) is 12.5. The van der Waals surface area contributed by atoms with Crippen LogP contribution in [0.2, 0.25) is 0 Å². The van der Waals surface area contributed by atoms with Crippen molar-refractivity contribution in [3.8, 4) is 5.75 Å². The van der Waals surface area contributed by atoms with Gasteiger partial charge in [0.25, 0.3) is 0 Å². The molecule has 2 aromatic carbocycles. The van der Waals surface area contributed by atoms with E-state index in [0.29, 0.717) is 16.8 Å². The number of esters is 1. The van der Waals surface area contributed by atoms with Gasteiger partial charge in [-0.1, -0.05) is 24.2 Å². The van der Waals surface area contributed by atoms with E-state index in [9.17, 15) is 14.3 Å². The van der Waals surface area contributed by atoms with Gasteiger partial charge in [-0.15, -0.1) is 0 Å². The number of phenols is 1. The SMILES string of the molecule is COC(=O)CC(C)/C(=N\OCc1cccc(F)c1)c1ccc(O)cc1. The topological polar surface area (TPSA) is 68.1 Å². The summed E-state index contributed by atoms with van der Waals surface area (Å²) in [4.78, 5) is 16.9. The molecule has 0 radical (unpaired) electrons. The number of halogens is 1. The lowest BCUT2D eigenvalue weighted by molar-refractivity contribution is -0.141. The second-order valence-electron chi connectivity index (χ2n) is 5.61. The van der Waals surface area contributed by atoms with Gasteiger partial charge in [0.1, 0.15) is 18.2 Å². The van der Waals surface area contributed by atoms with Crippen LogP contribution in [0.5, 0.6) is 5.75 Å². The van der Waals surface area contributed by atoms with Gasteiger partial charge >= 0.3 is 5.97 Å². The highest BCUT2D eigenvalue weighted by Crippen LogP contribution is 2.18. The summed E-state index contributed by atoms with van der Waals surface area (Å²) in [6.45, 7) is 1.93. The number of hydrogen-bond donors (Lipinski definition) is 1. The van der Waals surface area contributed by atoms with Crippen molar-refractivity contribution in [3.05, 3.63) is 65.5 Å². The van der Waals surface area contributed by atoms with E-state index in [1.807, 2.05) is 6.92 Å². The van der Waals surface area contributed by atoms with Gasteiger partial charge in [-0.05, 0) is 47.5 Å². The number of phenolic OH excluding ortho intramolecular Hbond substituents is 1. The molecule has 0 aromatic heterocycles. The van der Waals surface area contributed by atoms with Crippen LogP contribution in [0.25, 0.3) is 0 Å². The first-order valence-corrected chi connectivity index (χ1v) is 7.80. The Bertz CT molecular complexity index is 743. The molecule has 0 aliphatic heterocycles. The van der Waals surface area contributed by atoms with Gasteiger partial charge in [-0.2, -0.15) is 0 Å². The fourth-order valence-electron chi connectivity index (χ4n) is 2.29. The van der Waals surface area contributed by atoms with Crippen molar-refractivity contribution in [2.24, 2.45) is 11.1 Å². The maximum Gasteiger partial charge on any atom is 0.306 e. The lowest BCUT2D eigenvalue weighted by Crippen LogP contribution is -2.18. The zero-order valence-electron chi connectivity index (χ0n) is 14.1. The van der Waals surface area contributed by atoms with Gasteiger partial charge in [0, 0.05) is 5.92 Å². The Hall–Kier alpha value is -2.89. The average molecular weight is 345 g/mol. The maximum absolute atomic E-state index is 13.2. The first-order chi connectivity index (χ1) is 12.0. The predicted octanol–water partition coefficient (Wildman–Crippen LogP) is 3.65. The third kappa shape index (κ3) is 5.60. The lowest BCUT2D eigenvalue weighted by atomic mass is 9.95. The van der Waals surface area contributed by atoms with E-state index >= 15 is 0 Å². The molecule has 0 saturated carbocycles. The molecule has 0 spiro atoms. The van der Waals surface area contributed by atoms with Crippen LogP contribution < -0.4 is 0 Å². The molecule has 5 nitrogen and oxygen atoms in total. The number of ether oxygens (including phenoxy) is 1. The van der Waals surface area contributed by atoms with Crippen LogP contribution >= 0.6 is 0 Å². The smallest absolute Gasteiger partial charge is 0.306 e. The molecule has 1 unspecified atom stereocenters. The largest absolute Gasteiger partial charge is 0.508 e. The van der Waals surface area contributed by atoms with Crippen molar-refractivity contribution < 1.29 is 23.9 Å². The van der Waals surface area contributed by atoms with E-state index in [1.165, 1.54) is 31.4 Å². The van der Waals surface area contributed by atoms with Crippen LogP contribution in [0.1, 0.15) is 24.5 Å². The van der Waals surface area contributed by atoms with Crippen LogP contribution in [-0.4, -0.2) is 23.9 Å². The molecule has 0 saturated heterocycles. The van der Waals surface area contributed by atoms with E-state index in [0.717, 1.165) is 0 Å². The van der Waals surface area contributed by atoms with E-state index in [4.69, 9.17) is 9.57 Å². The molecule has 1 N–H and O–H groups in total. The summed E-state index contributed by atoms with van der Waals surface area (Å²) in [6, 6.07) is 12.5. The van der Waals surface area contributed by atoms with Crippen LogP contribution in [0.4, 0.5) is 4.39 Å². The van der Waals surface area contributed by atoms with Gasteiger partial charge in [-0.25, -0.2) is 4.39 Å². The van der Waals surface area contributed by atoms with Gasteiger partial charge in [0.2, 0.25) is 0 Å². The van der Waals surface area contributed by atoms with Crippen molar-refractivity contribution in [2.45, 2.75) is 20.0 Å². The summed E-state index contributed by atoms with van der Waals surface area (Å²) < 4.78 is 17.9. The molecule has 6 heteroatoms. The van der Waals surface area contributed by atoms with Crippen LogP contribution in [0.15, 0.2) is 53.7 Å². The number of aromatic hydroxyl groups is 1. The van der Waals surface area contributed by atoms with Crippen molar-refractivity contribution in [2.75, 3.05) is 7.11 Å². The van der Waals surface area contributed by atoms with Crippen molar-refractivity contribution in [3.63, 3.8) is 0 Å². The Morgan fingerprint density at radius 1 is 1.24 bits per heavy atom. The van der Waals surface area contributed by atoms with Crippen LogP contribution in [0.3, 0.4) is 0 Å². The summed E-state index contributed by atoms with van der Waals surface area (Å²) in [5, 5.41) is 13.6. The van der Waals surface area contributed by atoms with Crippen molar-refractivity contribution >= 4 is 11.7 Å². The Labute approximate surface area is 145 Å². The van der Waals surface area contributed by atoms with Crippen molar-refractivity contribution in [1.29, 1.82) is 0 Å². The zero-order valence-corrected chi connectivity index (χ0v) is 14.1. The Balaban J connectivity index is 2.17. The average Bonchev–Trinajstić information content (AvgIpc) is 2.59. The molecule has 1 atom stereocenters. The number of rotatable bonds is 7. The quantitative estimate of drug-likeness (QED) is 0.472. The minimum absolute atomic E-state index is 0.101. The zero-order chi connectivity index (χ0) is 18.2. The first-order valence-electron chi connectivity index (χ1n) is 7.80. The minimum Gasteiger partial charge on any atom is -0.508 e. The summed E-state index contributed by atoms with van der Waals surface area (Å²) >= 11 is 0. The van der Waals surface area contributed by atoms with E-state index < -0.39 is 0 Å². The third-order valence-corrected chi connectivity index (χ3v) is 3.61. The lowest BCUT2D eigenvalue weighted by Gasteiger charge is -2.14. The predicted molar refractivity (Wildman–Crippen MR) is 91.6 cm³/mol. The number of methoxy groups -OCH3 is 1. The Kier molecular flexibility index (Phi) is 6.51. The Morgan fingerprint density at radius 3 is 2.60 bits per heavy atom. The molecule has 0 amide bonds. The van der Waals surface area contributed by atoms with Gasteiger partial charge in [0.15, 0.2) is 0 Å². The molecule has 2 aromatic rings. The summed E-state index contributed by atoms with van der Waals surface area (Å²) in [7, 11) is 1.33. The molecular formula is C19H20FNO4. The number of benzene rings is 2. The molecule has 25 heavy (non-hydrogen) atoms. The fourth-order valence-corrected chi connectivity index (χ4v) is 2.29. The minimum atomic E-state index is -0.357. The Morgan fingerprint density at radius 2 is 1.96 bits per heavy atom. The second kappa shape index (κ2) is 8.82. The molecular weight excluding hydrogens is 325 g/mol. The molecule has 0 bridgehead atoms. The first kappa shape index (κ1) is 18.4. The molecule has 0 fully saturated rings. The van der Waals surface area contributed by atoms with Gasteiger partial charge in [-0.3, -0.25) is 4.79 Å². The fraction of sp³-hybridized carbons (Fsp3) is 0.263. The number of carbonyl (C=O) groups is 1. The standard InChI is InChI=1S/C19H20FNO4/c1-13(10-18(23)24-2)19(15-6-8-17(22)9-7-15)21-25-12-14-4-3-5-16(20)11-14/h3-9,11,13,22H,10,12H2,1-2H3/b21-19+. The third-order valence-electron chi connectivity index (χ3n) is 3.61. The monoisotopic (exact) mass is 345 g/mol. The van der Waals surface area contributed by atoms with Crippen LogP contribution in [-0.2, 0) is 21.0 Å². The number of hydrogen-bond acceptors (Lipinski definition) is 5. The summed E-state index contributed by atoms with van der Waals surface area (Å²) in [5.41, 5.74) is 1.91. The summed E-state index contributed by atoms with van der Waals surface area (Å²) in [6.07, 6.45) is 0.138. The maximum atomic E-state index is 13.2. The molecule has 0 heterocycles. The van der Waals surface area contributed by atoms with Crippen molar-refractivity contribution in [1.82, 2.24) is 0 Å². The highest BCUT2D eigenvalue weighted by atomic mass is 19.1. The van der Waals surface area contributed by atoms with E-state index in [-0.39, 0.29) is 36.5 Å². The number of nitrogens with zero attached hydrogens (tertiary/aromatic N) is 1. The van der Waals surface area contributed by atoms with E-state index in [1.54, 1.807) is 24.3 Å². The van der Waals surface area contributed by atoms with Gasteiger partial charge < -0.3 is 14.7 Å². The highest BCUT2D eigenvalue weighted by Gasteiger charge is 2.18. The van der Waals surface area contributed by atoms with Gasteiger partial charge in [0.05, 0.1) is 19.2 Å². The molecule has 0 aliphatic carbocycles. The van der Waals surface area contributed by atoms with E-state index in [2.05, 4.69) is 5.16 Å². The molecule has 132 valence electrons. The number of oxime groups is 1. The number of carbonyl (C=O) groups excluding carboxylic acids is 1. The molecule has 2 rings (SSSR count). The second-order valence-corrected chi connectivity index (χ2v) is 5.61. The summed E-state index contributed by atoms with van der Waals surface area (Å²) in [5.74, 6) is -0.832. The highest BCUT2D eigenvalue weighted by molar-refractivity contribution is 6.03. The van der Waals surface area contributed by atoms with Crippen LogP contribution in [0, 0.1) is 11.7 Å². The molecule has 0 aliphatic rings.